The van der Waals surface area contributed by atoms with E-state index in [-0.39, 0.29) is 16.5 Å². The summed E-state index contributed by atoms with van der Waals surface area (Å²) in [4.78, 5) is 24.0. The number of carbonyl (C=O) groups excluding carboxylic acids is 2. The van der Waals surface area contributed by atoms with Crippen LogP contribution in [0.1, 0.15) is 6.92 Å². The summed E-state index contributed by atoms with van der Waals surface area (Å²) in [5, 5.41) is 5.98. The van der Waals surface area contributed by atoms with Crippen molar-refractivity contribution in [2.24, 2.45) is 0 Å². The monoisotopic (exact) mass is 491 g/mol. The zero-order valence-electron chi connectivity index (χ0n) is 16.9. The van der Waals surface area contributed by atoms with Gasteiger partial charge in [0.15, 0.2) is 0 Å². The molecule has 0 saturated heterocycles. The molecular formula is C22H19Cl2N3O4S. The molecule has 0 aliphatic heterocycles. The number of nitrogens with zero attached hydrogens (tertiary/aromatic N) is 1. The number of hydrogen-bond donors (Lipinski definition) is 2. The van der Waals surface area contributed by atoms with Crippen molar-refractivity contribution in [2.75, 3.05) is 21.5 Å². The average molecular weight is 492 g/mol. The van der Waals surface area contributed by atoms with Crippen molar-refractivity contribution in [3.63, 3.8) is 0 Å². The van der Waals surface area contributed by atoms with E-state index in [1.807, 2.05) is 0 Å². The first-order chi connectivity index (χ1) is 15.1. The van der Waals surface area contributed by atoms with Crippen molar-refractivity contribution in [3.8, 4) is 0 Å². The molecule has 0 heterocycles. The van der Waals surface area contributed by atoms with E-state index >= 15 is 0 Å². The SMILES string of the molecule is CC(=O)Nc1cccc(NC(=O)CN(c2cccc(Cl)c2)S(=O)(=O)c2ccc(Cl)cc2)c1. The Morgan fingerprint density at radius 3 is 2.09 bits per heavy atom. The molecule has 3 aromatic rings. The summed E-state index contributed by atoms with van der Waals surface area (Å²) in [6, 6.07) is 18.4. The number of nitrogens with one attached hydrogen (secondary N) is 2. The van der Waals surface area contributed by atoms with Crippen LogP contribution in [0.15, 0.2) is 77.7 Å². The molecule has 0 atom stereocenters. The Kier molecular flexibility index (Phi) is 7.40. The predicted octanol–water partition coefficient (Wildman–Crippen LogP) is 4.79. The zero-order chi connectivity index (χ0) is 23.3. The van der Waals surface area contributed by atoms with Gasteiger partial charge in [0.1, 0.15) is 6.54 Å². The molecule has 0 saturated carbocycles. The molecule has 0 spiro atoms. The Bertz CT molecular complexity index is 1250. The van der Waals surface area contributed by atoms with Crippen molar-refractivity contribution < 1.29 is 18.0 Å². The van der Waals surface area contributed by atoms with Gasteiger partial charge in [-0.3, -0.25) is 13.9 Å². The Balaban J connectivity index is 1.90. The molecule has 0 aromatic heterocycles. The van der Waals surface area contributed by atoms with Gasteiger partial charge >= 0.3 is 0 Å². The molecule has 0 radical (unpaired) electrons. The van der Waals surface area contributed by atoms with Gasteiger partial charge < -0.3 is 10.6 Å². The van der Waals surface area contributed by atoms with E-state index in [9.17, 15) is 18.0 Å². The van der Waals surface area contributed by atoms with Crippen LogP contribution in [0.2, 0.25) is 10.0 Å². The van der Waals surface area contributed by atoms with E-state index in [0.717, 1.165) is 4.31 Å². The third-order valence-corrected chi connectivity index (χ3v) is 6.53. The maximum atomic E-state index is 13.3. The third-order valence-electron chi connectivity index (χ3n) is 4.25. The molecule has 3 rings (SSSR count). The summed E-state index contributed by atoms with van der Waals surface area (Å²) in [7, 11) is -4.10. The highest BCUT2D eigenvalue weighted by atomic mass is 35.5. The highest BCUT2D eigenvalue weighted by molar-refractivity contribution is 7.92. The molecule has 0 bridgehead atoms. The van der Waals surface area contributed by atoms with Gasteiger partial charge in [-0.1, -0.05) is 35.3 Å². The minimum absolute atomic E-state index is 0.0256. The second kappa shape index (κ2) is 10.0. The van der Waals surface area contributed by atoms with E-state index in [1.165, 1.54) is 37.3 Å². The first-order valence-electron chi connectivity index (χ1n) is 9.36. The largest absolute Gasteiger partial charge is 0.326 e. The number of halogens is 2. The lowest BCUT2D eigenvalue weighted by Gasteiger charge is -2.24. The van der Waals surface area contributed by atoms with Crippen molar-refractivity contribution >= 4 is 62.1 Å². The van der Waals surface area contributed by atoms with E-state index in [1.54, 1.807) is 42.5 Å². The topological polar surface area (TPSA) is 95.6 Å². The van der Waals surface area contributed by atoms with Crippen molar-refractivity contribution in [1.29, 1.82) is 0 Å². The molecule has 0 fully saturated rings. The van der Waals surface area contributed by atoms with Gasteiger partial charge in [-0.05, 0) is 60.7 Å². The van der Waals surface area contributed by atoms with Crippen LogP contribution in [0.4, 0.5) is 17.1 Å². The summed E-state index contributed by atoms with van der Waals surface area (Å²) < 4.78 is 27.6. The predicted molar refractivity (Wildman–Crippen MR) is 127 cm³/mol. The normalized spacial score (nSPS) is 11.0. The van der Waals surface area contributed by atoms with Crippen molar-refractivity contribution in [2.45, 2.75) is 11.8 Å². The number of sulfonamides is 1. The fourth-order valence-electron chi connectivity index (χ4n) is 2.89. The van der Waals surface area contributed by atoms with Gasteiger partial charge in [0.05, 0.1) is 10.6 Å². The summed E-state index contributed by atoms with van der Waals surface area (Å²) in [6.07, 6.45) is 0. The zero-order valence-corrected chi connectivity index (χ0v) is 19.2. The molecule has 166 valence electrons. The fourth-order valence-corrected chi connectivity index (χ4v) is 4.61. The second-order valence-electron chi connectivity index (χ2n) is 6.76. The maximum absolute atomic E-state index is 13.3. The molecule has 0 aliphatic rings. The quantitative estimate of drug-likeness (QED) is 0.496. The number of hydrogen-bond acceptors (Lipinski definition) is 4. The Hall–Kier alpha value is -3.07. The molecule has 32 heavy (non-hydrogen) atoms. The van der Waals surface area contributed by atoms with Crippen LogP contribution in [-0.2, 0) is 19.6 Å². The standard InChI is InChI=1S/C22H19Cl2N3O4S/c1-15(28)25-18-5-3-6-19(13-18)26-22(29)14-27(20-7-2-4-17(24)12-20)32(30,31)21-10-8-16(23)9-11-21/h2-13H,14H2,1H3,(H,25,28)(H,26,29). The van der Waals surface area contributed by atoms with Gasteiger partial charge in [0, 0.05) is 28.3 Å². The highest BCUT2D eigenvalue weighted by Crippen LogP contribution is 2.27. The van der Waals surface area contributed by atoms with Crippen LogP contribution in [0.3, 0.4) is 0 Å². The lowest BCUT2D eigenvalue weighted by molar-refractivity contribution is -0.115. The summed E-state index contributed by atoms with van der Waals surface area (Å²) in [5.41, 5.74) is 1.13. The summed E-state index contributed by atoms with van der Waals surface area (Å²) >= 11 is 11.9. The molecule has 3 aromatic carbocycles. The van der Waals surface area contributed by atoms with E-state index in [0.29, 0.717) is 21.4 Å². The lowest BCUT2D eigenvalue weighted by Crippen LogP contribution is -2.38. The van der Waals surface area contributed by atoms with Gasteiger partial charge in [0.2, 0.25) is 11.8 Å². The van der Waals surface area contributed by atoms with Crippen LogP contribution in [-0.4, -0.2) is 26.8 Å². The number of amides is 2. The number of anilines is 3. The molecule has 2 amide bonds. The van der Waals surface area contributed by atoms with Crippen molar-refractivity contribution in [1.82, 2.24) is 0 Å². The van der Waals surface area contributed by atoms with Gasteiger partial charge in [-0.15, -0.1) is 0 Å². The molecule has 0 aliphatic carbocycles. The second-order valence-corrected chi connectivity index (χ2v) is 9.49. The third kappa shape index (κ3) is 6.00. The molecule has 2 N–H and O–H groups in total. The summed E-state index contributed by atoms with van der Waals surface area (Å²) in [6.45, 7) is 0.866. The minimum atomic E-state index is -4.10. The first kappa shape index (κ1) is 23.6. The summed E-state index contributed by atoms with van der Waals surface area (Å²) in [5.74, 6) is -0.836. The van der Waals surface area contributed by atoms with Gasteiger partial charge in [-0.2, -0.15) is 0 Å². The van der Waals surface area contributed by atoms with Crippen LogP contribution < -0.4 is 14.9 Å². The lowest BCUT2D eigenvalue weighted by atomic mass is 10.2. The van der Waals surface area contributed by atoms with E-state index in [2.05, 4.69) is 10.6 Å². The van der Waals surface area contributed by atoms with Crippen molar-refractivity contribution in [3.05, 3.63) is 82.8 Å². The molecule has 10 heteroatoms. The fraction of sp³-hybridized carbons (Fsp3) is 0.0909. The minimum Gasteiger partial charge on any atom is -0.326 e. The Morgan fingerprint density at radius 2 is 1.47 bits per heavy atom. The van der Waals surface area contributed by atoms with Crippen LogP contribution in [0.25, 0.3) is 0 Å². The number of benzene rings is 3. The molecule has 0 unspecified atom stereocenters. The molecule has 7 nitrogen and oxygen atoms in total. The first-order valence-corrected chi connectivity index (χ1v) is 11.6. The average Bonchev–Trinajstić information content (AvgIpc) is 2.72. The highest BCUT2D eigenvalue weighted by Gasteiger charge is 2.27. The molecular weight excluding hydrogens is 473 g/mol. The number of carbonyl (C=O) groups is 2. The maximum Gasteiger partial charge on any atom is 0.264 e. The van der Waals surface area contributed by atoms with Crippen LogP contribution in [0.5, 0.6) is 0 Å². The van der Waals surface area contributed by atoms with E-state index in [4.69, 9.17) is 23.2 Å². The van der Waals surface area contributed by atoms with E-state index < -0.39 is 22.5 Å². The Labute approximate surface area is 196 Å². The van der Waals surface area contributed by atoms with Gasteiger partial charge in [0.25, 0.3) is 10.0 Å². The number of rotatable bonds is 7. The van der Waals surface area contributed by atoms with Crippen LogP contribution >= 0.6 is 23.2 Å². The van der Waals surface area contributed by atoms with Crippen LogP contribution in [0, 0.1) is 0 Å². The van der Waals surface area contributed by atoms with Gasteiger partial charge in [-0.25, -0.2) is 8.42 Å². The smallest absolute Gasteiger partial charge is 0.264 e. The Morgan fingerprint density at radius 1 is 0.844 bits per heavy atom.